The maximum atomic E-state index is 12.9. The van der Waals surface area contributed by atoms with Crippen LogP contribution in [-0.4, -0.2) is 36.1 Å². The first-order valence-electron chi connectivity index (χ1n) is 10.0. The van der Waals surface area contributed by atoms with Gasteiger partial charge in [-0.25, -0.2) is 4.79 Å². The van der Waals surface area contributed by atoms with Crippen molar-refractivity contribution in [3.05, 3.63) is 59.7 Å². The van der Waals surface area contributed by atoms with Gasteiger partial charge in [0.05, 0.1) is 11.3 Å². The fourth-order valence-electron chi connectivity index (χ4n) is 3.34. The number of esters is 1. The Morgan fingerprint density at radius 1 is 1.07 bits per heavy atom. The number of thioether (sulfide) groups is 1. The van der Waals surface area contributed by atoms with Gasteiger partial charge in [0, 0.05) is 22.0 Å². The molecule has 5 nitrogen and oxygen atoms in total. The van der Waals surface area contributed by atoms with E-state index < -0.39 is 11.4 Å². The van der Waals surface area contributed by atoms with Crippen LogP contribution < -0.4 is 4.90 Å². The van der Waals surface area contributed by atoms with Gasteiger partial charge in [-0.05, 0) is 37.1 Å². The predicted molar refractivity (Wildman–Crippen MR) is 119 cm³/mol. The number of ketones is 1. The molecule has 1 unspecified atom stereocenters. The number of benzene rings is 2. The number of Topliss-reactive ketones (excluding diaryl/α,β-unsaturated/α-hetero) is 1. The highest BCUT2D eigenvalue weighted by molar-refractivity contribution is 8.00. The molecular formula is C24H27NO4S. The van der Waals surface area contributed by atoms with Crippen LogP contribution in [0.5, 0.6) is 0 Å². The first-order chi connectivity index (χ1) is 14.2. The molecule has 2 aromatic rings. The number of amides is 1. The zero-order valence-electron chi connectivity index (χ0n) is 17.8. The van der Waals surface area contributed by atoms with Gasteiger partial charge in [-0.3, -0.25) is 9.59 Å². The monoisotopic (exact) mass is 425 g/mol. The van der Waals surface area contributed by atoms with Crippen LogP contribution in [-0.2, 0) is 20.7 Å². The fourth-order valence-corrected chi connectivity index (χ4v) is 4.24. The van der Waals surface area contributed by atoms with Gasteiger partial charge in [-0.1, -0.05) is 51.1 Å². The van der Waals surface area contributed by atoms with Crippen LogP contribution in [0.2, 0.25) is 0 Å². The Hall–Kier alpha value is -2.60. The summed E-state index contributed by atoms with van der Waals surface area (Å²) in [5.74, 6) is -0.478. The highest BCUT2D eigenvalue weighted by Gasteiger charge is 2.30. The molecule has 0 fully saturated rings. The van der Waals surface area contributed by atoms with Gasteiger partial charge in [0.1, 0.15) is 0 Å². The molecule has 1 heterocycles. The summed E-state index contributed by atoms with van der Waals surface area (Å²) in [6, 6.07) is 15.1. The van der Waals surface area contributed by atoms with Crippen molar-refractivity contribution in [1.82, 2.24) is 0 Å². The van der Waals surface area contributed by atoms with Gasteiger partial charge in [-0.2, -0.15) is 0 Å². The van der Waals surface area contributed by atoms with E-state index in [1.54, 1.807) is 39.0 Å². The minimum atomic E-state index is -0.566. The van der Waals surface area contributed by atoms with E-state index in [0.29, 0.717) is 10.5 Å². The topological polar surface area (TPSA) is 63.7 Å². The third-order valence-corrected chi connectivity index (χ3v) is 6.16. The average Bonchev–Trinajstić information content (AvgIpc) is 3.05. The van der Waals surface area contributed by atoms with E-state index in [-0.39, 0.29) is 30.1 Å². The minimum Gasteiger partial charge on any atom is -0.454 e. The number of ether oxygens (including phenoxy) is 1. The number of hydrogen-bond donors (Lipinski definition) is 0. The van der Waals surface area contributed by atoms with Crippen molar-refractivity contribution in [1.29, 1.82) is 0 Å². The molecule has 3 rings (SSSR count). The summed E-state index contributed by atoms with van der Waals surface area (Å²) < 4.78 is 5.23. The Kier molecular flexibility index (Phi) is 6.66. The Labute approximate surface area is 181 Å². The summed E-state index contributed by atoms with van der Waals surface area (Å²) in [7, 11) is 0. The molecule has 1 amide bonds. The molecule has 0 bridgehead atoms. The summed E-state index contributed by atoms with van der Waals surface area (Å²) in [5.41, 5.74) is 1.94. The molecule has 2 aromatic carbocycles. The van der Waals surface area contributed by atoms with E-state index in [4.69, 9.17) is 4.74 Å². The number of nitrogens with zero attached hydrogens (tertiary/aromatic N) is 1. The van der Waals surface area contributed by atoms with Crippen LogP contribution in [0.3, 0.4) is 0 Å². The Balaban J connectivity index is 1.66. The smallest absolute Gasteiger partial charge is 0.339 e. The first kappa shape index (κ1) is 22.1. The number of para-hydroxylation sites is 1. The standard InChI is InChI=1S/C24H27NO4S/c1-16-13-17-9-5-7-11-19(17)25(16)22(27)15-30-20-12-8-6-10-18(20)23(28)29-14-21(26)24(2,3)4/h5-12,16H,13-15H2,1-4H3. The summed E-state index contributed by atoms with van der Waals surface area (Å²) >= 11 is 1.31. The normalized spacial score (nSPS) is 15.6. The molecule has 1 atom stereocenters. The maximum absolute atomic E-state index is 12.9. The molecule has 0 N–H and O–H groups in total. The van der Waals surface area contributed by atoms with Crippen molar-refractivity contribution >= 4 is 35.1 Å². The van der Waals surface area contributed by atoms with Crippen LogP contribution in [0.4, 0.5) is 5.69 Å². The van der Waals surface area contributed by atoms with Crippen LogP contribution in [0, 0.1) is 5.41 Å². The van der Waals surface area contributed by atoms with E-state index >= 15 is 0 Å². The zero-order chi connectivity index (χ0) is 21.9. The lowest BCUT2D eigenvalue weighted by Crippen LogP contribution is -2.37. The molecule has 0 aliphatic carbocycles. The van der Waals surface area contributed by atoms with Crippen LogP contribution >= 0.6 is 11.8 Å². The lowest BCUT2D eigenvalue weighted by Gasteiger charge is -2.22. The number of carbonyl (C=O) groups excluding carboxylic acids is 3. The van der Waals surface area contributed by atoms with E-state index in [9.17, 15) is 14.4 Å². The molecule has 0 saturated heterocycles. The average molecular weight is 426 g/mol. The number of fused-ring (bicyclic) bond motifs is 1. The second kappa shape index (κ2) is 9.04. The lowest BCUT2D eigenvalue weighted by molar-refractivity contribution is -0.129. The Bertz CT molecular complexity index is 964. The molecule has 0 spiro atoms. The Morgan fingerprint density at radius 2 is 1.73 bits per heavy atom. The van der Waals surface area contributed by atoms with E-state index in [1.807, 2.05) is 36.1 Å². The predicted octanol–water partition coefficient (Wildman–Crippen LogP) is 4.53. The molecule has 0 saturated carbocycles. The zero-order valence-corrected chi connectivity index (χ0v) is 18.6. The first-order valence-corrected chi connectivity index (χ1v) is 11.0. The second-order valence-electron chi connectivity index (χ2n) is 8.48. The van der Waals surface area contributed by atoms with Crippen molar-refractivity contribution in [3.63, 3.8) is 0 Å². The molecule has 0 aromatic heterocycles. The van der Waals surface area contributed by atoms with Crippen LogP contribution in [0.25, 0.3) is 0 Å². The minimum absolute atomic E-state index is 0.00327. The van der Waals surface area contributed by atoms with E-state index in [2.05, 4.69) is 6.07 Å². The molecule has 30 heavy (non-hydrogen) atoms. The van der Waals surface area contributed by atoms with Crippen molar-refractivity contribution < 1.29 is 19.1 Å². The third-order valence-electron chi connectivity index (χ3n) is 5.10. The van der Waals surface area contributed by atoms with Crippen LogP contribution in [0.15, 0.2) is 53.4 Å². The number of hydrogen-bond acceptors (Lipinski definition) is 5. The molecule has 1 aliphatic heterocycles. The van der Waals surface area contributed by atoms with Gasteiger partial charge in [0.25, 0.3) is 0 Å². The number of rotatable bonds is 6. The largest absolute Gasteiger partial charge is 0.454 e. The van der Waals surface area contributed by atoms with E-state index in [1.165, 1.54) is 17.3 Å². The quantitative estimate of drug-likeness (QED) is 0.503. The second-order valence-corrected chi connectivity index (χ2v) is 9.50. The van der Waals surface area contributed by atoms with Crippen molar-refractivity contribution in [2.24, 2.45) is 5.41 Å². The highest BCUT2D eigenvalue weighted by atomic mass is 32.2. The third kappa shape index (κ3) is 4.93. The SMILES string of the molecule is CC1Cc2ccccc2N1C(=O)CSc1ccccc1C(=O)OCC(=O)C(C)(C)C. The molecule has 158 valence electrons. The molecule has 1 aliphatic rings. The van der Waals surface area contributed by atoms with Gasteiger partial charge < -0.3 is 9.64 Å². The maximum Gasteiger partial charge on any atom is 0.339 e. The van der Waals surface area contributed by atoms with Crippen molar-refractivity contribution in [2.75, 3.05) is 17.3 Å². The lowest BCUT2D eigenvalue weighted by atomic mass is 9.91. The van der Waals surface area contributed by atoms with Gasteiger partial charge in [0.2, 0.25) is 5.91 Å². The van der Waals surface area contributed by atoms with Gasteiger partial charge in [0.15, 0.2) is 12.4 Å². The molecule has 6 heteroatoms. The molecule has 0 radical (unpaired) electrons. The number of carbonyl (C=O) groups is 3. The number of anilines is 1. The summed E-state index contributed by atoms with van der Waals surface area (Å²) in [6.45, 7) is 7.14. The molecular weight excluding hydrogens is 398 g/mol. The fraction of sp³-hybridized carbons (Fsp3) is 0.375. The van der Waals surface area contributed by atoms with Gasteiger partial charge >= 0.3 is 5.97 Å². The Morgan fingerprint density at radius 3 is 2.47 bits per heavy atom. The summed E-state index contributed by atoms with van der Waals surface area (Å²) in [6.07, 6.45) is 0.845. The highest BCUT2D eigenvalue weighted by Crippen LogP contribution is 2.33. The van der Waals surface area contributed by atoms with Gasteiger partial charge in [-0.15, -0.1) is 11.8 Å². The van der Waals surface area contributed by atoms with Crippen LogP contribution in [0.1, 0.15) is 43.6 Å². The summed E-state index contributed by atoms with van der Waals surface area (Å²) in [4.78, 5) is 40.0. The van der Waals surface area contributed by atoms with E-state index in [0.717, 1.165) is 12.1 Å². The van der Waals surface area contributed by atoms with Crippen molar-refractivity contribution in [3.8, 4) is 0 Å². The summed E-state index contributed by atoms with van der Waals surface area (Å²) in [5, 5.41) is 0. The van der Waals surface area contributed by atoms with Crippen molar-refractivity contribution in [2.45, 2.75) is 45.1 Å².